The Balaban J connectivity index is 2.40. The van der Waals surface area contributed by atoms with Gasteiger partial charge in [0.1, 0.15) is 17.8 Å². The largest absolute Gasteiger partial charge is 0.498 e. The van der Waals surface area contributed by atoms with Crippen LogP contribution in [0.3, 0.4) is 0 Å². The molecule has 0 radical (unpaired) electrons. The highest BCUT2D eigenvalue weighted by Gasteiger charge is 2.38. The van der Waals surface area contributed by atoms with Crippen molar-refractivity contribution in [2.24, 2.45) is 16.1 Å². The van der Waals surface area contributed by atoms with Crippen LogP contribution in [0, 0.1) is 28.6 Å². The van der Waals surface area contributed by atoms with Crippen LogP contribution in [0.2, 0.25) is 0 Å². The molecule has 25 heavy (non-hydrogen) atoms. The van der Waals surface area contributed by atoms with Crippen molar-refractivity contribution in [3.8, 4) is 12.1 Å². The smallest absolute Gasteiger partial charge is 0.286 e. The van der Waals surface area contributed by atoms with Crippen LogP contribution in [0.5, 0.6) is 0 Å². The lowest BCUT2D eigenvalue weighted by Gasteiger charge is -2.15. The second kappa shape index (κ2) is 7.33. The van der Waals surface area contributed by atoms with Gasteiger partial charge in [-0.2, -0.15) is 10.5 Å². The van der Waals surface area contributed by atoms with Gasteiger partial charge in [0, 0.05) is 0 Å². The van der Waals surface area contributed by atoms with Gasteiger partial charge in [0.15, 0.2) is 11.5 Å². The molecule has 2 unspecified atom stereocenters. The first-order valence-electron chi connectivity index (χ1n) is 7.41. The average Bonchev–Trinajstić information content (AvgIpc) is 2.84. The average molecular weight is 334 g/mol. The van der Waals surface area contributed by atoms with Gasteiger partial charge in [0.05, 0.1) is 5.92 Å². The SMILES string of the molecule is CC1=C(N=N/C(C(=O)C#N)=C(\O)C#N)C(=O)C(c2ccccc2)C1C. The summed E-state index contributed by atoms with van der Waals surface area (Å²) in [6.07, 6.45) is 0. The molecule has 2 rings (SSSR count). The molecule has 0 saturated carbocycles. The number of nitrogens with zero attached hydrogens (tertiary/aromatic N) is 4. The van der Waals surface area contributed by atoms with Crippen LogP contribution >= 0.6 is 0 Å². The van der Waals surface area contributed by atoms with E-state index in [0.717, 1.165) is 5.56 Å². The fraction of sp³-hybridized carbons (Fsp3) is 0.222. The van der Waals surface area contributed by atoms with Crippen LogP contribution < -0.4 is 0 Å². The number of azo groups is 1. The molecule has 0 amide bonds. The predicted molar refractivity (Wildman–Crippen MR) is 86.8 cm³/mol. The number of hydrogen-bond acceptors (Lipinski definition) is 7. The minimum Gasteiger partial charge on any atom is -0.498 e. The molecular weight excluding hydrogens is 320 g/mol. The Morgan fingerprint density at radius 2 is 1.84 bits per heavy atom. The summed E-state index contributed by atoms with van der Waals surface area (Å²) in [6, 6.07) is 11.8. The van der Waals surface area contributed by atoms with Crippen molar-refractivity contribution in [2.75, 3.05) is 0 Å². The third-order valence-electron chi connectivity index (χ3n) is 4.13. The number of aliphatic hydroxyl groups excluding tert-OH is 1. The summed E-state index contributed by atoms with van der Waals surface area (Å²) >= 11 is 0. The lowest BCUT2D eigenvalue weighted by Crippen LogP contribution is -2.13. The molecule has 1 aromatic carbocycles. The monoisotopic (exact) mass is 334 g/mol. The van der Waals surface area contributed by atoms with E-state index in [2.05, 4.69) is 10.2 Å². The summed E-state index contributed by atoms with van der Waals surface area (Å²) in [5, 5.41) is 34.0. The number of nitriles is 2. The molecule has 7 nitrogen and oxygen atoms in total. The van der Waals surface area contributed by atoms with E-state index in [4.69, 9.17) is 10.5 Å². The number of allylic oxidation sites excluding steroid dienone is 4. The quantitative estimate of drug-likeness (QED) is 0.226. The number of hydrogen-bond donors (Lipinski definition) is 1. The molecule has 0 aromatic heterocycles. The van der Waals surface area contributed by atoms with Crippen molar-refractivity contribution in [3.63, 3.8) is 0 Å². The van der Waals surface area contributed by atoms with E-state index in [-0.39, 0.29) is 17.4 Å². The van der Waals surface area contributed by atoms with E-state index < -0.39 is 23.2 Å². The molecule has 0 fully saturated rings. The van der Waals surface area contributed by atoms with Gasteiger partial charge in [-0.3, -0.25) is 9.59 Å². The maximum Gasteiger partial charge on any atom is 0.286 e. The van der Waals surface area contributed by atoms with Gasteiger partial charge in [-0.05, 0) is 24.0 Å². The van der Waals surface area contributed by atoms with Gasteiger partial charge >= 0.3 is 0 Å². The second-order valence-electron chi connectivity index (χ2n) is 5.52. The number of rotatable bonds is 4. The molecule has 0 spiro atoms. The van der Waals surface area contributed by atoms with Crippen molar-refractivity contribution in [3.05, 3.63) is 58.6 Å². The van der Waals surface area contributed by atoms with E-state index in [1.54, 1.807) is 6.92 Å². The number of ketones is 2. The fourth-order valence-corrected chi connectivity index (χ4v) is 2.67. The molecule has 2 atom stereocenters. The first kappa shape index (κ1) is 17.8. The predicted octanol–water partition coefficient (Wildman–Crippen LogP) is 3.10. The van der Waals surface area contributed by atoms with Gasteiger partial charge in [0.25, 0.3) is 5.78 Å². The number of benzene rings is 1. The third-order valence-corrected chi connectivity index (χ3v) is 4.13. The summed E-state index contributed by atoms with van der Waals surface area (Å²) in [6.45, 7) is 3.62. The summed E-state index contributed by atoms with van der Waals surface area (Å²) in [5.74, 6) is -3.03. The standard InChI is InChI=1S/C18H14N4O3/c1-10-11(2)16(18(25)15(10)12-6-4-3-5-7-12)21-22-17(13(23)8-19)14(24)9-20/h3-7,10,15,23H,1-2H3/b17-13-,22-21?. The second-order valence-corrected chi connectivity index (χ2v) is 5.52. The first-order valence-corrected chi connectivity index (χ1v) is 7.41. The van der Waals surface area contributed by atoms with Crippen molar-refractivity contribution in [1.29, 1.82) is 10.5 Å². The molecule has 124 valence electrons. The first-order chi connectivity index (χ1) is 11.9. The molecule has 0 aliphatic heterocycles. The molecular formula is C18H14N4O3. The van der Waals surface area contributed by atoms with Crippen LogP contribution in [-0.4, -0.2) is 16.7 Å². The lowest BCUT2D eigenvalue weighted by molar-refractivity contribution is -0.117. The molecule has 0 saturated heterocycles. The number of carbonyl (C=O) groups is 2. The maximum atomic E-state index is 12.7. The Labute approximate surface area is 144 Å². The van der Waals surface area contributed by atoms with E-state index in [1.807, 2.05) is 37.3 Å². The number of carbonyl (C=O) groups excluding carboxylic acids is 2. The fourth-order valence-electron chi connectivity index (χ4n) is 2.67. The molecule has 1 N–H and O–H groups in total. The molecule has 1 aliphatic carbocycles. The van der Waals surface area contributed by atoms with Crippen molar-refractivity contribution in [2.45, 2.75) is 19.8 Å². The normalized spacial score (nSPS) is 21.0. The molecule has 1 aromatic rings. The Morgan fingerprint density at radius 3 is 2.40 bits per heavy atom. The van der Waals surface area contributed by atoms with Gasteiger partial charge in [0.2, 0.25) is 5.76 Å². The van der Waals surface area contributed by atoms with Crippen molar-refractivity contribution < 1.29 is 14.7 Å². The Morgan fingerprint density at radius 1 is 1.20 bits per heavy atom. The van der Waals surface area contributed by atoms with Crippen LogP contribution in [0.25, 0.3) is 0 Å². The van der Waals surface area contributed by atoms with E-state index in [0.29, 0.717) is 5.57 Å². The number of Topliss-reactive ketones (excluding diaryl/α,β-unsaturated/α-hetero) is 2. The van der Waals surface area contributed by atoms with Gasteiger partial charge in [-0.25, -0.2) is 0 Å². The third kappa shape index (κ3) is 3.36. The Hall–Kier alpha value is -3.58. The zero-order chi connectivity index (χ0) is 18.6. The highest BCUT2D eigenvalue weighted by atomic mass is 16.3. The van der Waals surface area contributed by atoms with Crippen molar-refractivity contribution >= 4 is 11.6 Å². The topological polar surface area (TPSA) is 127 Å². The van der Waals surface area contributed by atoms with Gasteiger partial charge < -0.3 is 5.11 Å². The molecule has 0 heterocycles. The number of aliphatic hydroxyl groups is 1. The zero-order valence-corrected chi connectivity index (χ0v) is 13.6. The summed E-state index contributed by atoms with van der Waals surface area (Å²) in [5.41, 5.74) is 0.806. The van der Waals surface area contributed by atoms with Crippen LogP contribution in [0.1, 0.15) is 25.3 Å². The minimum atomic E-state index is -1.21. The summed E-state index contributed by atoms with van der Waals surface area (Å²) in [7, 11) is 0. The zero-order valence-electron chi connectivity index (χ0n) is 13.6. The van der Waals surface area contributed by atoms with Gasteiger partial charge in [-0.15, -0.1) is 10.2 Å². The highest BCUT2D eigenvalue weighted by Crippen LogP contribution is 2.41. The van der Waals surface area contributed by atoms with Crippen LogP contribution in [0.15, 0.2) is 63.3 Å². The van der Waals surface area contributed by atoms with E-state index >= 15 is 0 Å². The molecule has 7 heteroatoms. The molecule has 0 bridgehead atoms. The highest BCUT2D eigenvalue weighted by molar-refractivity contribution is 6.07. The van der Waals surface area contributed by atoms with Crippen LogP contribution in [0.4, 0.5) is 0 Å². The summed E-state index contributed by atoms with van der Waals surface area (Å²) < 4.78 is 0. The van der Waals surface area contributed by atoms with E-state index in [9.17, 15) is 14.7 Å². The van der Waals surface area contributed by atoms with Crippen LogP contribution in [-0.2, 0) is 9.59 Å². The molecule has 1 aliphatic rings. The van der Waals surface area contributed by atoms with E-state index in [1.165, 1.54) is 12.1 Å². The van der Waals surface area contributed by atoms with Crippen molar-refractivity contribution in [1.82, 2.24) is 0 Å². The summed E-state index contributed by atoms with van der Waals surface area (Å²) in [4.78, 5) is 24.2. The van der Waals surface area contributed by atoms with Gasteiger partial charge in [-0.1, -0.05) is 37.3 Å². The lowest BCUT2D eigenvalue weighted by atomic mass is 9.87. The minimum absolute atomic E-state index is 0.0651. The maximum absolute atomic E-state index is 12.7. The Bertz CT molecular complexity index is 898. The Kier molecular flexibility index (Phi) is 5.21.